The first-order chi connectivity index (χ1) is 13.0. The summed E-state index contributed by atoms with van der Waals surface area (Å²) in [4.78, 5) is 33.3. The number of nitrogens with one attached hydrogen (secondary N) is 1. The zero-order chi connectivity index (χ0) is 19.0. The van der Waals surface area contributed by atoms with Gasteiger partial charge in [0.25, 0.3) is 5.91 Å². The molecule has 0 atom stereocenters. The van der Waals surface area contributed by atoms with Gasteiger partial charge in [0.15, 0.2) is 0 Å². The van der Waals surface area contributed by atoms with Crippen LogP contribution in [0.3, 0.4) is 0 Å². The number of fused-ring (bicyclic) bond motifs is 1. The Morgan fingerprint density at radius 1 is 1.22 bits per heavy atom. The third-order valence-electron chi connectivity index (χ3n) is 5.10. The van der Waals surface area contributed by atoms with E-state index >= 15 is 0 Å². The van der Waals surface area contributed by atoms with Gasteiger partial charge in [-0.2, -0.15) is 0 Å². The average Bonchev–Trinajstić information content (AvgIpc) is 3.52. The van der Waals surface area contributed by atoms with Crippen LogP contribution in [0.5, 0.6) is 0 Å². The van der Waals surface area contributed by atoms with Gasteiger partial charge in [-0.1, -0.05) is 0 Å². The molecule has 2 heterocycles. The maximum Gasteiger partial charge on any atom is 0.259 e. The Morgan fingerprint density at radius 2 is 2.04 bits per heavy atom. The molecule has 1 fully saturated rings. The molecule has 1 aromatic carbocycles. The lowest BCUT2D eigenvalue weighted by atomic mass is 10.00. The standard InChI is InChI=1S/C21H24N4O2/c1-24(2)19-17(6-3-11-22-19)20(26)23-16-9-10-18-15(13-16)5-4-12-25(18)21(27)14-7-8-14/h3,6,9-11,13-14H,4-5,7-8,12H2,1-2H3,(H,23,26). The van der Waals surface area contributed by atoms with E-state index in [0.717, 1.165) is 49.2 Å². The summed E-state index contributed by atoms with van der Waals surface area (Å²) in [6.07, 6.45) is 5.58. The summed E-state index contributed by atoms with van der Waals surface area (Å²) in [7, 11) is 3.73. The van der Waals surface area contributed by atoms with E-state index in [1.807, 2.05) is 42.1 Å². The number of nitrogens with zero attached hydrogens (tertiary/aromatic N) is 3. The molecule has 6 nitrogen and oxygen atoms in total. The minimum atomic E-state index is -0.187. The number of carbonyl (C=O) groups is 2. The van der Waals surface area contributed by atoms with Crippen molar-refractivity contribution in [2.75, 3.05) is 35.8 Å². The first kappa shape index (κ1) is 17.5. The number of benzene rings is 1. The summed E-state index contributed by atoms with van der Waals surface area (Å²) in [5.41, 5.74) is 3.39. The molecule has 0 saturated heterocycles. The van der Waals surface area contributed by atoms with Crippen molar-refractivity contribution in [3.05, 3.63) is 47.7 Å². The van der Waals surface area contributed by atoms with Crippen LogP contribution >= 0.6 is 0 Å². The molecule has 1 N–H and O–H groups in total. The Kier molecular flexibility index (Phi) is 4.56. The quantitative estimate of drug-likeness (QED) is 0.905. The fourth-order valence-electron chi connectivity index (χ4n) is 3.58. The van der Waals surface area contributed by atoms with Crippen molar-refractivity contribution in [2.45, 2.75) is 25.7 Å². The van der Waals surface area contributed by atoms with Crippen molar-refractivity contribution in [1.29, 1.82) is 0 Å². The van der Waals surface area contributed by atoms with Crippen LogP contribution in [0.15, 0.2) is 36.5 Å². The van der Waals surface area contributed by atoms with E-state index in [-0.39, 0.29) is 17.7 Å². The van der Waals surface area contributed by atoms with Crippen molar-refractivity contribution in [3.63, 3.8) is 0 Å². The fraction of sp³-hybridized carbons (Fsp3) is 0.381. The zero-order valence-electron chi connectivity index (χ0n) is 15.7. The summed E-state index contributed by atoms with van der Waals surface area (Å²) < 4.78 is 0. The molecular formula is C21H24N4O2. The predicted molar refractivity (Wildman–Crippen MR) is 106 cm³/mol. The number of carbonyl (C=O) groups excluding carboxylic acids is 2. The molecule has 0 unspecified atom stereocenters. The normalized spacial score (nSPS) is 15.9. The lowest BCUT2D eigenvalue weighted by molar-refractivity contribution is -0.119. The first-order valence-electron chi connectivity index (χ1n) is 9.42. The number of hydrogen-bond donors (Lipinski definition) is 1. The average molecular weight is 364 g/mol. The molecule has 0 radical (unpaired) electrons. The number of rotatable bonds is 4. The summed E-state index contributed by atoms with van der Waals surface area (Å²) in [5, 5.41) is 2.97. The molecule has 1 aromatic heterocycles. The van der Waals surface area contributed by atoms with E-state index in [0.29, 0.717) is 11.4 Å². The molecule has 1 aliphatic carbocycles. The SMILES string of the molecule is CN(C)c1ncccc1C(=O)Nc1ccc2c(c1)CCCN2C(=O)C1CC1. The van der Waals surface area contributed by atoms with E-state index < -0.39 is 0 Å². The second-order valence-electron chi connectivity index (χ2n) is 7.43. The van der Waals surface area contributed by atoms with Gasteiger partial charge in [0.1, 0.15) is 5.82 Å². The number of anilines is 3. The molecule has 0 bridgehead atoms. The van der Waals surface area contributed by atoms with Crippen molar-refractivity contribution in [3.8, 4) is 0 Å². The Balaban J connectivity index is 1.56. The second-order valence-corrected chi connectivity index (χ2v) is 7.43. The summed E-state index contributed by atoms with van der Waals surface area (Å²) in [6, 6.07) is 9.36. The van der Waals surface area contributed by atoms with Gasteiger partial charge in [-0.25, -0.2) is 4.98 Å². The Hall–Kier alpha value is -2.89. The van der Waals surface area contributed by atoms with Crippen LogP contribution in [-0.2, 0) is 11.2 Å². The lowest BCUT2D eigenvalue weighted by Crippen LogP contribution is -2.36. The summed E-state index contributed by atoms with van der Waals surface area (Å²) in [5.74, 6) is 0.909. The highest BCUT2D eigenvalue weighted by Crippen LogP contribution is 2.36. The van der Waals surface area contributed by atoms with Crippen LogP contribution in [0, 0.1) is 5.92 Å². The van der Waals surface area contributed by atoms with Crippen LogP contribution in [0.1, 0.15) is 35.2 Å². The van der Waals surface area contributed by atoms with Crippen molar-refractivity contribution < 1.29 is 9.59 Å². The third-order valence-corrected chi connectivity index (χ3v) is 5.10. The van der Waals surface area contributed by atoms with Crippen LogP contribution in [0.2, 0.25) is 0 Å². The summed E-state index contributed by atoms with van der Waals surface area (Å²) >= 11 is 0. The van der Waals surface area contributed by atoms with E-state index in [2.05, 4.69) is 10.3 Å². The van der Waals surface area contributed by atoms with Crippen LogP contribution < -0.4 is 15.1 Å². The van der Waals surface area contributed by atoms with Gasteiger partial charge < -0.3 is 15.1 Å². The Bertz CT molecular complexity index is 890. The van der Waals surface area contributed by atoms with Gasteiger partial charge in [-0.05, 0) is 61.6 Å². The van der Waals surface area contributed by atoms with Crippen LogP contribution in [0.25, 0.3) is 0 Å². The highest BCUT2D eigenvalue weighted by Gasteiger charge is 2.35. The third kappa shape index (κ3) is 3.52. The first-order valence-corrected chi connectivity index (χ1v) is 9.42. The van der Waals surface area contributed by atoms with E-state index in [1.165, 1.54) is 0 Å². The van der Waals surface area contributed by atoms with E-state index in [9.17, 15) is 9.59 Å². The molecule has 1 aliphatic heterocycles. The molecule has 4 rings (SSSR count). The van der Waals surface area contributed by atoms with E-state index in [1.54, 1.807) is 18.3 Å². The lowest BCUT2D eigenvalue weighted by Gasteiger charge is -2.30. The molecule has 6 heteroatoms. The largest absolute Gasteiger partial charge is 0.362 e. The highest BCUT2D eigenvalue weighted by molar-refractivity contribution is 6.07. The highest BCUT2D eigenvalue weighted by atomic mass is 16.2. The number of aryl methyl sites for hydroxylation is 1. The van der Waals surface area contributed by atoms with Gasteiger partial charge in [-0.15, -0.1) is 0 Å². The molecule has 2 aromatic rings. The molecule has 140 valence electrons. The molecule has 0 spiro atoms. The van der Waals surface area contributed by atoms with Crippen LogP contribution in [-0.4, -0.2) is 37.4 Å². The van der Waals surface area contributed by atoms with Gasteiger partial charge in [0.05, 0.1) is 5.56 Å². The van der Waals surface area contributed by atoms with E-state index in [4.69, 9.17) is 0 Å². The smallest absolute Gasteiger partial charge is 0.259 e. The number of hydrogen-bond acceptors (Lipinski definition) is 4. The minimum Gasteiger partial charge on any atom is -0.362 e. The predicted octanol–water partition coefficient (Wildman–Crippen LogP) is 3.09. The fourth-order valence-corrected chi connectivity index (χ4v) is 3.58. The zero-order valence-corrected chi connectivity index (χ0v) is 15.7. The topological polar surface area (TPSA) is 65.5 Å². The monoisotopic (exact) mass is 364 g/mol. The van der Waals surface area contributed by atoms with Gasteiger partial charge in [0.2, 0.25) is 5.91 Å². The molecule has 1 saturated carbocycles. The van der Waals surface area contributed by atoms with Crippen molar-refractivity contribution in [1.82, 2.24) is 4.98 Å². The summed E-state index contributed by atoms with van der Waals surface area (Å²) in [6.45, 7) is 0.788. The molecule has 2 amide bonds. The van der Waals surface area contributed by atoms with Gasteiger partial charge in [-0.3, -0.25) is 9.59 Å². The van der Waals surface area contributed by atoms with Crippen molar-refractivity contribution >= 4 is 29.0 Å². The maximum atomic E-state index is 12.7. The number of amides is 2. The van der Waals surface area contributed by atoms with Crippen molar-refractivity contribution in [2.24, 2.45) is 5.92 Å². The maximum absolute atomic E-state index is 12.7. The number of pyridine rings is 1. The second kappa shape index (κ2) is 7.02. The molecular weight excluding hydrogens is 340 g/mol. The molecule has 27 heavy (non-hydrogen) atoms. The number of aromatic nitrogens is 1. The Labute approximate surface area is 159 Å². The van der Waals surface area contributed by atoms with Crippen LogP contribution in [0.4, 0.5) is 17.2 Å². The minimum absolute atomic E-state index is 0.187. The van der Waals surface area contributed by atoms with Gasteiger partial charge >= 0.3 is 0 Å². The van der Waals surface area contributed by atoms with Gasteiger partial charge in [0, 0.05) is 44.1 Å². The Morgan fingerprint density at radius 3 is 2.78 bits per heavy atom. The molecule has 2 aliphatic rings.